The van der Waals surface area contributed by atoms with Crippen LogP contribution in [0.4, 0.5) is 22.7 Å². The monoisotopic (exact) mass is 1140 g/mol. The minimum atomic E-state index is -0.245. The molecule has 3 aromatic heterocycles. The summed E-state index contributed by atoms with van der Waals surface area (Å²) in [5, 5.41) is 8.86. The van der Waals surface area contributed by atoms with Gasteiger partial charge < -0.3 is 25.2 Å². The number of aromatic nitrogens is 3. The van der Waals surface area contributed by atoms with E-state index in [2.05, 4.69) is 307 Å². The van der Waals surface area contributed by atoms with E-state index < -0.39 is 0 Å². The average Bonchev–Trinajstić information content (AvgIpc) is 1.77. The van der Waals surface area contributed by atoms with Gasteiger partial charge in [0.05, 0.1) is 39.5 Å². The van der Waals surface area contributed by atoms with E-state index in [1.54, 1.807) is 0 Å². The normalized spacial score (nSPS) is 18.4. The highest BCUT2D eigenvalue weighted by Crippen LogP contribution is 2.51. The first-order chi connectivity index (χ1) is 41.3. The van der Waals surface area contributed by atoms with E-state index in [0.717, 1.165) is 78.3 Å². The van der Waals surface area contributed by atoms with Gasteiger partial charge in [0.25, 0.3) is 0 Å². The maximum absolute atomic E-state index is 7.35. The Bertz CT molecular complexity index is 4100. The number of anilines is 4. The lowest BCUT2D eigenvalue weighted by molar-refractivity contribution is 0.464. The lowest BCUT2D eigenvalue weighted by Gasteiger charge is -2.34. The third-order valence-electron chi connectivity index (χ3n) is 16.6. The Morgan fingerprint density at radius 1 is 0.483 bits per heavy atom. The van der Waals surface area contributed by atoms with Crippen LogP contribution in [0.2, 0.25) is 0 Å². The molecule has 5 aromatic carbocycles. The van der Waals surface area contributed by atoms with Crippen LogP contribution in [0.25, 0.3) is 49.8 Å². The van der Waals surface area contributed by atoms with Gasteiger partial charge in [-0.3, -0.25) is 4.57 Å². The van der Waals surface area contributed by atoms with E-state index in [4.69, 9.17) is 14.7 Å². The molecule has 0 atom stereocenters. The number of para-hydroxylation sites is 3. The first-order valence-electron chi connectivity index (χ1n) is 30.7. The first kappa shape index (κ1) is 60.0. The molecule has 8 nitrogen and oxygen atoms in total. The van der Waals surface area contributed by atoms with Gasteiger partial charge in [-0.1, -0.05) is 188 Å². The molecule has 0 bridgehead atoms. The van der Waals surface area contributed by atoms with E-state index in [1.807, 2.05) is 43.1 Å². The number of fused-ring (bicyclic) bond motifs is 4. The molecule has 0 spiro atoms. The van der Waals surface area contributed by atoms with Gasteiger partial charge in [0.1, 0.15) is 18.2 Å². The van der Waals surface area contributed by atoms with E-state index in [-0.39, 0.29) is 27.1 Å². The molecule has 0 saturated carbocycles. The van der Waals surface area contributed by atoms with Gasteiger partial charge in [0.15, 0.2) is 14.6 Å². The Balaban J connectivity index is 1.14. The molecule has 3 aliphatic rings. The topological polar surface area (TPSA) is 70.5 Å². The van der Waals surface area contributed by atoms with Crippen LogP contribution in [0.1, 0.15) is 143 Å². The zero-order valence-corrected chi connectivity index (χ0v) is 53.6. The number of rotatable bonds is 8. The number of hydrogen-bond donors (Lipinski definition) is 2. The largest absolute Gasteiger partial charge is 0.439 e. The Morgan fingerprint density at radius 3 is 1.64 bits per heavy atom. The summed E-state index contributed by atoms with van der Waals surface area (Å²) >= 11 is 0. The van der Waals surface area contributed by atoms with Crippen LogP contribution in [0.3, 0.4) is 0 Å². The van der Waals surface area contributed by atoms with Gasteiger partial charge in [0.2, 0.25) is 5.88 Å². The van der Waals surface area contributed by atoms with Crippen LogP contribution in [-0.2, 0) is 27.1 Å². The molecule has 6 heterocycles. The Hall–Kier alpha value is -8.75. The van der Waals surface area contributed by atoms with Gasteiger partial charge >= 0.3 is 0 Å². The molecular formula is C77H83B2N7O. The second-order valence-electron chi connectivity index (χ2n) is 28.3. The van der Waals surface area contributed by atoms with Crippen LogP contribution in [0, 0.1) is 0 Å². The first-order valence-corrected chi connectivity index (χ1v) is 30.7. The third kappa shape index (κ3) is 12.6. The standard InChI is InChI=1S/C77H83B2N7O/c1-73(2,3)51-31-34-65-59(43-51)56-33-32-55(49-68(56)86(65)69-46-52(35-42-82-69)74(4,5)6)87-70-48-54(47-64(83-70)71-60(76(10,11)12)44-53(75(7,8)9)45-61(71)77(13,14)15)84-50-85(67-30-17-16-29-66(67)84)72-57(62-27-23-40-80-38-20-18-36-78-62)25-22-26-58(72)63-28-24-41-81-39-21-19-37-79-63/h16-49,80-81H,50H2,1-15H3/b36-18-,37-19-,38-20-,39-21-,40-23-,41-24-,62-27-,63-28-. The van der Waals surface area contributed by atoms with Gasteiger partial charge in [-0.2, -0.15) is 0 Å². The minimum Gasteiger partial charge on any atom is -0.439 e. The minimum absolute atomic E-state index is 0.0427. The molecule has 0 saturated heterocycles. The predicted octanol–water partition coefficient (Wildman–Crippen LogP) is 19.1. The van der Waals surface area contributed by atoms with Crippen molar-refractivity contribution in [3.8, 4) is 28.7 Å². The van der Waals surface area contributed by atoms with Crippen molar-refractivity contribution >= 4 is 70.1 Å². The van der Waals surface area contributed by atoms with Gasteiger partial charge in [-0.15, -0.1) is 12.0 Å². The molecule has 8 aromatic rings. The molecule has 2 N–H and O–H groups in total. The van der Waals surface area contributed by atoms with E-state index in [9.17, 15) is 0 Å². The molecular weight excluding hydrogens is 1060 g/mol. The molecule has 0 unspecified atom stereocenters. The SMILES string of the molecule is CC(C)(C)c1ccnc(-n2c3ccc(C(C)(C)C)cc3c3ccc(Oc4cc(N5CN(c6c(/C7=C/C=C\N/C=C\C=C/[B]7)cccc6/C6=C/C=C\N/C=C\C=C/[B]6)c6ccccc65)cc(-c5c(C(C)(C)C)cc(C(C)(C)C)cc5C(C)(C)C)n4)cc32)c1. The predicted molar refractivity (Wildman–Crippen MR) is 372 cm³/mol. The highest BCUT2D eigenvalue weighted by atomic mass is 16.5. The Morgan fingerprint density at radius 2 is 1.06 bits per heavy atom. The number of hydrogen-bond acceptors (Lipinski definition) is 7. The van der Waals surface area contributed by atoms with Crippen LogP contribution >= 0.6 is 0 Å². The smallest absolute Gasteiger partial charge is 0.221 e. The van der Waals surface area contributed by atoms with Crippen LogP contribution in [-0.4, -0.2) is 35.8 Å². The zero-order valence-electron chi connectivity index (χ0n) is 53.6. The van der Waals surface area contributed by atoms with E-state index in [0.29, 0.717) is 18.3 Å². The fourth-order valence-electron chi connectivity index (χ4n) is 11.9. The highest BCUT2D eigenvalue weighted by Gasteiger charge is 2.35. The molecule has 0 amide bonds. The summed E-state index contributed by atoms with van der Waals surface area (Å²) in [5.41, 5.74) is 18.2. The summed E-state index contributed by atoms with van der Waals surface area (Å²) in [4.78, 5) is 15.7. The molecule has 10 heteroatoms. The van der Waals surface area contributed by atoms with Crippen molar-refractivity contribution in [3.63, 3.8) is 0 Å². The number of benzene rings is 5. The van der Waals surface area contributed by atoms with E-state index >= 15 is 0 Å². The molecule has 87 heavy (non-hydrogen) atoms. The molecule has 0 fully saturated rings. The molecule has 3 aliphatic heterocycles. The summed E-state index contributed by atoms with van der Waals surface area (Å²) in [6, 6.07) is 42.5. The maximum Gasteiger partial charge on any atom is 0.221 e. The maximum atomic E-state index is 7.35. The molecule has 438 valence electrons. The van der Waals surface area contributed by atoms with Crippen molar-refractivity contribution in [2.45, 2.75) is 131 Å². The zero-order chi connectivity index (χ0) is 61.6. The summed E-state index contributed by atoms with van der Waals surface area (Å²) in [5.74, 6) is 6.25. The summed E-state index contributed by atoms with van der Waals surface area (Å²) in [6.07, 6.45) is 26.4. The van der Waals surface area contributed by atoms with Crippen molar-refractivity contribution in [1.29, 1.82) is 0 Å². The quantitative estimate of drug-likeness (QED) is 0.147. The van der Waals surface area contributed by atoms with E-state index in [1.165, 1.54) is 33.2 Å². The number of ether oxygens (including phenoxy) is 1. The summed E-state index contributed by atoms with van der Waals surface area (Å²) in [6.45, 7) is 35.0. The van der Waals surface area contributed by atoms with Crippen molar-refractivity contribution in [2.75, 3.05) is 16.5 Å². The van der Waals surface area contributed by atoms with Crippen LogP contribution in [0.5, 0.6) is 11.6 Å². The molecule has 0 aliphatic carbocycles. The van der Waals surface area contributed by atoms with Gasteiger partial charge in [-0.25, -0.2) is 9.97 Å². The molecule has 2 radical (unpaired) electrons. The van der Waals surface area contributed by atoms with Crippen molar-refractivity contribution < 1.29 is 4.74 Å². The number of nitrogens with one attached hydrogen (secondary N) is 2. The van der Waals surface area contributed by atoms with Crippen LogP contribution in [0.15, 0.2) is 207 Å². The average molecular weight is 1140 g/mol. The Kier molecular flexibility index (Phi) is 16.2. The fourth-order valence-corrected chi connectivity index (χ4v) is 11.9. The fraction of sp³-hybridized carbons (Fsp3) is 0.273. The summed E-state index contributed by atoms with van der Waals surface area (Å²) in [7, 11) is 4.40. The lowest BCUT2D eigenvalue weighted by atomic mass is 9.63. The second kappa shape index (κ2) is 23.5. The number of pyridine rings is 2. The highest BCUT2D eigenvalue weighted by molar-refractivity contribution is 6.67. The summed E-state index contributed by atoms with van der Waals surface area (Å²) < 4.78 is 9.65. The lowest BCUT2D eigenvalue weighted by Crippen LogP contribution is -2.26. The second-order valence-corrected chi connectivity index (χ2v) is 28.3. The molecule has 11 rings (SSSR count). The van der Waals surface area contributed by atoms with Crippen molar-refractivity contribution in [3.05, 3.63) is 246 Å². The Labute approximate surface area is 519 Å². The number of nitrogens with zero attached hydrogens (tertiary/aromatic N) is 5. The third-order valence-corrected chi connectivity index (χ3v) is 16.6. The number of allylic oxidation sites excluding steroid dienone is 8. The van der Waals surface area contributed by atoms with Gasteiger partial charge in [-0.05, 0) is 145 Å². The van der Waals surface area contributed by atoms with Crippen molar-refractivity contribution in [2.24, 2.45) is 0 Å². The van der Waals surface area contributed by atoms with Crippen molar-refractivity contribution in [1.82, 2.24) is 25.2 Å². The van der Waals surface area contributed by atoms with Gasteiger partial charge in [0, 0.05) is 59.5 Å². The van der Waals surface area contributed by atoms with Crippen LogP contribution < -0.4 is 25.2 Å².